The summed E-state index contributed by atoms with van der Waals surface area (Å²) >= 11 is 11.9. The second-order valence-electron chi connectivity index (χ2n) is 5.07. The van der Waals surface area contributed by atoms with E-state index in [1.807, 2.05) is 0 Å². The van der Waals surface area contributed by atoms with Crippen LogP contribution in [0.25, 0.3) is 5.57 Å². The SMILES string of the molecule is C=CC(=O)C=C(O)C=C(c1ccc(O)c(Cl)c1)c1ccc(O)c(Cl)c1. The summed E-state index contributed by atoms with van der Waals surface area (Å²) in [5, 5.41) is 29.5. The number of rotatable bonds is 5. The fourth-order valence-corrected chi connectivity index (χ4v) is 2.44. The third kappa shape index (κ3) is 4.66. The number of phenolic OH excluding ortho intramolecular Hbond substituents is 2. The quantitative estimate of drug-likeness (QED) is 0.388. The van der Waals surface area contributed by atoms with Crippen LogP contribution in [-0.4, -0.2) is 21.1 Å². The molecule has 0 aliphatic heterocycles. The Bertz CT molecular complexity index is 845. The molecule has 0 fully saturated rings. The number of carbonyl (C=O) groups excluding carboxylic acids is 1. The molecule has 0 radical (unpaired) electrons. The van der Waals surface area contributed by atoms with Gasteiger partial charge in [-0.1, -0.05) is 41.9 Å². The van der Waals surface area contributed by atoms with Gasteiger partial charge in [-0.3, -0.25) is 4.79 Å². The molecule has 0 spiro atoms. The van der Waals surface area contributed by atoms with Crippen LogP contribution in [-0.2, 0) is 4.79 Å². The van der Waals surface area contributed by atoms with Crippen molar-refractivity contribution < 1.29 is 20.1 Å². The fourth-order valence-electron chi connectivity index (χ4n) is 2.08. The van der Waals surface area contributed by atoms with E-state index in [1.54, 1.807) is 12.1 Å². The zero-order valence-electron chi connectivity index (χ0n) is 12.9. The summed E-state index contributed by atoms with van der Waals surface area (Å²) in [7, 11) is 0. The Morgan fingerprint density at radius 2 is 1.40 bits per heavy atom. The van der Waals surface area contributed by atoms with Crippen LogP contribution >= 0.6 is 23.2 Å². The number of aromatic hydroxyl groups is 2. The first-order chi connectivity index (χ1) is 11.8. The summed E-state index contributed by atoms with van der Waals surface area (Å²) in [5.41, 5.74) is 1.61. The molecule has 0 heterocycles. The second-order valence-corrected chi connectivity index (χ2v) is 5.88. The zero-order chi connectivity index (χ0) is 18.6. The van der Waals surface area contributed by atoms with Crippen molar-refractivity contribution in [3.8, 4) is 11.5 Å². The highest BCUT2D eigenvalue weighted by Crippen LogP contribution is 2.34. The van der Waals surface area contributed by atoms with Crippen LogP contribution in [0.3, 0.4) is 0 Å². The van der Waals surface area contributed by atoms with Crippen molar-refractivity contribution in [2.24, 2.45) is 0 Å². The van der Waals surface area contributed by atoms with Crippen molar-refractivity contribution in [2.75, 3.05) is 0 Å². The molecule has 2 aromatic rings. The van der Waals surface area contributed by atoms with E-state index in [9.17, 15) is 20.1 Å². The number of halogens is 2. The van der Waals surface area contributed by atoms with Gasteiger partial charge in [0.2, 0.25) is 0 Å². The average molecular weight is 377 g/mol. The number of carbonyl (C=O) groups is 1. The van der Waals surface area contributed by atoms with E-state index in [-0.39, 0.29) is 27.3 Å². The van der Waals surface area contributed by atoms with Crippen LogP contribution in [0, 0.1) is 0 Å². The number of phenols is 2. The molecule has 2 aromatic carbocycles. The topological polar surface area (TPSA) is 77.8 Å². The largest absolute Gasteiger partial charge is 0.508 e. The molecule has 0 saturated heterocycles. The van der Waals surface area contributed by atoms with Gasteiger partial charge in [0.1, 0.15) is 17.3 Å². The fraction of sp³-hybridized carbons (Fsp3) is 0. The highest BCUT2D eigenvalue weighted by atomic mass is 35.5. The Morgan fingerprint density at radius 1 is 0.920 bits per heavy atom. The normalized spacial score (nSPS) is 11.0. The van der Waals surface area contributed by atoms with Gasteiger partial charge in [-0.25, -0.2) is 0 Å². The van der Waals surface area contributed by atoms with Crippen LogP contribution < -0.4 is 0 Å². The number of allylic oxidation sites excluding steroid dienone is 3. The number of benzene rings is 2. The van der Waals surface area contributed by atoms with Gasteiger partial charge in [0.15, 0.2) is 5.78 Å². The molecule has 0 atom stereocenters. The Labute approximate surface area is 154 Å². The zero-order valence-corrected chi connectivity index (χ0v) is 14.4. The van der Waals surface area contributed by atoms with Crippen LogP contribution in [0.5, 0.6) is 11.5 Å². The molecule has 6 heteroatoms. The first kappa shape index (κ1) is 18.6. The van der Waals surface area contributed by atoms with E-state index in [1.165, 1.54) is 30.3 Å². The maximum Gasteiger partial charge on any atom is 0.181 e. The summed E-state index contributed by atoms with van der Waals surface area (Å²) in [6, 6.07) is 9.01. The van der Waals surface area contributed by atoms with Gasteiger partial charge in [0.25, 0.3) is 0 Å². The highest BCUT2D eigenvalue weighted by molar-refractivity contribution is 6.32. The minimum atomic E-state index is -0.458. The molecule has 3 N–H and O–H groups in total. The molecule has 0 amide bonds. The maximum absolute atomic E-state index is 11.4. The molecule has 0 aromatic heterocycles. The van der Waals surface area contributed by atoms with Gasteiger partial charge in [0, 0.05) is 6.08 Å². The number of hydrogen-bond acceptors (Lipinski definition) is 4. The van der Waals surface area contributed by atoms with E-state index >= 15 is 0 Å². The Balaban J connectivity index is 2.63. The van der Waals surface area contributed by atoms with E-state index in [4.69, 9.17) is 23.2 Å². The smallest absolute Gasteiger partial charge is 0.181 e. The molecule has 0 unspecified atom stereocenters. The lowest BCUT2D eigenvalue weighted by atomic mass is 9.96. The standard InChI is InChI=1S/C19H14Cl2O4/c1-2-13(22)9-14(23)10-15(11-3-5-18(24)16(20)7-11)12-4-6-19(25)17(21)8-12/h2-10,23-25H,1H2. The average Bonchev–Trinajstić information content (AvgIpc) is 2.57. The minimum absolute atomic E-state index is 0.0879. The van der Waals surface area contributed by atoms with Crippen molar-refractivity contribution in [2.45, 2.75) is 0 Å². The Morgan fingerprint density at radius 3 is 1.80 bits per heavy atom. The summed E-state index contributed by atoms with van der Waals surface area (Å²) in [6.45, 7) is 3.34. The second kappa shape index (κ2) is 7.92. The maximum atomic E-state index is 11.4. The van der Waals surface area contributed by atoms with Crippen LogP contribution in [0.4, 0.5) is 0 Å². The molecule has 0 aliphatic rings. The summed E-state index contributed by atoms with van der Waals surface area (Å²) in [4.78, 5) is 11.4. The predicted molar refractivity (Wildman–Crippen MR) is 99.2 cm³/mol. The summed E-state index contributed by atoms with van der Waals surface area (Å²) in [5.74, 6) is -0.931. The summed E-state index contributed by atoms with van der Waals surface area (Å²) in [6.07, 6.45) is 3.43. The third-order valence-corrected chi connectivity index (χ3v) is 3.91. The van der Waals surface area contributed by atoms with E-state index in [2.05, 4.69) is 6.58 Å². The molecule has 0 saturated carbocycles. The molecule has 25 heavy (non-hydrogen) atoms. The van der Waals surface area contributed by atoms with Crippen LogP contribution in [0.15, 0.2) is 67.0 Å². The van der Waals surface area contributed by atoms with E-state index in [0.717, 1.165) is 12.2 Å². The van der Waals surface area contributed by atoms with Gasteiger partial charge in [-0.15, -0.1) is 0 Å². The Hall–Kier alpha value is -2.69. The number of aliphatic hydroxyl groups excluding tert-OH is 1. The Kier molecular flexibility index (Phi) is 5.91. The lowest BCUT2D eigenvalue weighted by Gasteiger charge is -2.11. The predicted octanol–water partition coefficient (Wildman–Crippen LogP) is 5.03. The van der Waals surface area contributed by atoms with Gasteiger partial charge in [0.05, 0.1) is 10.0 Å². The van der Waals surface area contributed by atoms with Crippen LogP contribution in [0.1, 0.15) is 11.1 Å². The van der Waals surface area contributed by atoms with Crippen molar-refractivity contribution in [1.82, 2.24) is 0 Å². The van der Waals surface area contributed by atoms with Crippen molar-refractivity contribution in [3.05, 3.63) is 88.1 Å². The molecular weight excluding hydrogens is 363 g/mol. The van der Waals surface area contributed by atoms with Gasteiger partial charge >= 0.3 is 0 Å². The molecule has 0 bridgehead atoms. The van der Waals surface area contributed by atoms with Crippen molar-refractivity contribution in [1.29, 1.82) is 0 Å². The molecule has 0 aliphatic carbocycles. The number of ketones is 1. The molecule has 2 rings (SSSR count). The minimum Gasteiger partial charge on any atom is -0.508 e. The van der Waals surface area contributed by atoms with Crippen LogP contribution in [0.2, 0.25) is 10.0 Å². The third-order valence-electron chi connectivity index (χ3n) is 3.30. The molecule has 4 nitrogen and oxygen atoms in total. The van der Waals surface area contributed by atoms with Gasteiger partial charge in [-0.05, 0) is 53.1 Å². The first-order valence-electron chi connectivity index (χ1n) is 7.08. The monoisotopic (exact) mass is 376 g/mol. The number of hydrogen-bond donors (Lipinski definition) is 3. The highest BCUT2D eigenvalue weighted by Gasteiger charge is 2.11. The van der Waals surface area contributed by atoms with Crippen molar-refractivity contribution >= 4 is 34.6 Å². The number of aliphatic hydroxyl groups is 1. The lowest BCUT2D eigenvalue weighted by molar-refractivity contribution is -0.110. The van der Waals surface area contributed by atoms with Gasteiger partial charge < -0.3 is 15.3 Å². The molecule has 128 valence electrons. The first-order valence-corrected chi connectivity index (χ1v) is 7.84. The summed E-state index contributed by atoms with van der Waals surface area (Å²) < 4.78 is 0. The van der Waals surface area contributed by atoms with Crippen molar-refractivity contribution in [3.63, 3.8) is 0 Å². The van der Waals surface area contributed by atoms with E-state index < -0.39 is 5.78 Å². The van der Waals surface area contributed by atoms with Gasteiger partial charge in [-0.2, -0.15) is 0 Å². The van der Waals surface area contributed by atoms with E-state index in [0.29, 0.717) is 16.7 Å². The lowest BCUT2D eigenvalue weighted by Crippen LogP contribution is -1.93. The molecular formula is C19H14Cl2O4.